The second-order valence-corrected chi connectivity index (χ2v) is 12.5. The first kappa shape index (κ1) is 34.9. The van der Waals surface area contributed by atoms with Crippen LogP contribution >= 0.6 is 0 Å². The largest absolute Gasteiger partial charge is 0.493 e. The van der Waals surface area contributed by atoms with Gasteiger partial charge in [0, 0.05) is 44.2 Å². The van der Waals surface area contributed by atoms with E-state index in [4.69, 9.17) is 24.4 Å². The number of hydrogen-bond acceptors (Lipinski definition) is 7. The van der Waals surface area contributed by atoms with Crippen LogP contribution in [0.3, 0.4) is 0 Å². The van der Waals surface area contributed by atoms with Gasteiger partial charge in [-0.15, -0.1) is 0 Å². The summed E-state index contributed by atoms with van der Waals surface area (Å²) in [6, 6.07) is 10.1. The molecular weight excluding hydrogens is 620 g/mol. The number of piperidine rings is 1. The summed E-state index contributed by atoms with van der Waals surface area (Å²) < 4.78 is 39.0. The van der Waals surface area contributed by atoms with E-state index in [2.05, 4.69) is 11.0 Å². The normalized spacial score (nSPS) is 16.5. The Labute approximate surface area is 279 Å². The minimum Gasteiger partial charge on any atom is -0.493 e. The van der Waals surface area contributed by atoms with Crippen molar-refractivity contribution in [2.24, 2.45) is 0 Å². The summed E-state index contributed by atoms with van der Waals surface area (Å²) in [6.07, 6.45) is 6.03. The Balaban J connectivity index is 0.00000145. The zero-order valence-corrected chi connectivity index (χ0v) is 27.8. The van der Waals surface area contributed by atoms with Gasteiger partial charge in [-0.3, -0.25) is 19.5 Å². The van der Waals surface area contributed by atoms with E-state index in [1.165, 1.54) is 19.2 Å². The lowest BCUT2D eigenvalue weighted by atomic mass is 9.92. The van der Waals surface area contributed by atoms with Crippen molar-refractivity contribution in [3.63, 3.8) is 0 Å². The number of aryl methyl sites for hydroxylation is 1. The van der Waals surface area contributed by atoms with Crippen LogP contribution in [0.2, 0.25) is 0 Å². The average Bonchev–Trinajstić information content (AvgIpc) is 3.93. The monoisotopic (exact) mass is 663 g/mol. The maximum Gasteiger partial charge on any atom is 0.339 e. The number of methoxy groups -OCH3 is 1. The zero-order chi connectivity index (χ0) is 34.4. The molecule has 0 radical (unpaired) electrons. The molecule has 0 unspecified atom stereocenters. The molecule has 1 aliphatic carbocycles. The Morgan fingerprint density at radius 1 is 1.04 bits per heavy atom. The van der Waals surface area contributed by atoms with E-state index < -0.39 is 17.6 Å². The summed E-state index contributed by atoms with van der Waals surface area (Å²) in [5.41, 5.74) is 6.14. The van der Waals surface area contributed by atoms with Gasteiger partial charge >= 0.3 is 5.97 Å². The van der Waals surface area contributed by atoms with Crippen molar-refractivity contribution in [2.75, 3.05) is 33.4 Å². The minimum atomic E-state index is -0.860. The maximum atomic E-state index is 14.2. The number of fused-ring (bicyclic) bond motifs is 1. The molecule has 2 aliphatic heterocycles. The van der Waals surface area contributed by atoms with Crippen LogP contribution in [-0.4, -0.2) is 77.6 Å². The van der Waals surface area contributed by atoms with Crippen molar-refractivity contribution in [1.82, 2.24) is 14.8 Å². The van der Waals surface area contributed by atoms with Crippen molar-refractivity contribution in [1.29, 1.82) is 0 Å². The van der Waals surface area contributed by atoms with Gasteiger partial charge in [0.15, 0.2) is 11.6 Å². The van der Waals surface area contributed by atoms with Crippen LogP contribution in [-0.2, 0) is 28.9 Å². The number of amides is 1. The third-order valence-corrected chi connectivity index (χ3v) is 9.28. The molecule has 0 spiro atoms. The lowest BCUT2D eigenvalue weighted by molar-refractivity contribution is -0.122. The summed E-state index contributed by atoms with van der Waals surface area (Å²) in [5, 5.41) is 6.89. The fourth-order valence-electron chi connectivity index (χ4n) is 6.90. The van der Waals surface area contributed by atoms with Crippen molar-refractivity contribution < 1.29 is 37.7 Å². The Bertz CT molecular complexity index is 1650. The van der Waals surface area contributed by atoms with Gasteiger partial charge in [0.2, 0.25) is 0 Å². The molecule has 6 rings (SSSR count). The molecule has 2 fully saturated rings. The lowest BCUT2D eigenvalue weighted by Gasteiger charge is -2.40. The highest BCUT2D eigenvalue weighted by molar-refractivity contribution is 6.00. The number of nitrogens with zero attached hydrogens (tertiary/aromatic N) is 3. The van der Waals surface area contributed by atoms with Gasteiger partial charge in [-0.05, 0) is 85.9 Å². The topological polar surface area (TPSA) is 109 Å². The predicted octanol–water partition coefficient (Wildman–Crippen LogP) is 6.41. The number of esters is 1. The molecule has 3 aliphatic rings. The highest BCUT2D eigenvalue weighted by atomic mass is 19.2. The SMILES string of the molecule is CCCc1nc2c(cc1C(=O)OC)C(=O)N(C1CCN(Cc3cc(OCC)c(-c4ccc(F)c(F)c4)c(C4CC4)c3)CC1)CC2.O=CO. The molecule has 3 aromatic rings. The van der Waals surface area contributed by atoms with Crippen molar-refractivity contribution in [3.05, 3.63) is 81.7 Å². The molecule has 1 amide bonds. The number of pyridine rings is 1. The molecule has 1 aromatic heterocycles. The van der Waals surface area contributed by atoms with Crippen molar-refractivity contribution >= 4 is 18.3 Å². The summed E-state index contributed by atoms with van der Waals surface area (Å²) in [6.45, 7) is 7.25. The average molecular weight is 664 g/mol. The number of ether oxygens (including phenoxy) is 2. The van der Waals surface area contributed by atoms with Gasteiger partial charge in [-0.25, -0.2) is 13.6 Å². The quantitative estimate of drug-likeness (QED) is 0.196. The van der Waals surface area contributed by atoms with E-state index in [-0.39, 0.29) is 18.4 Å². The molecule has 1 saturated carbocycles. The fraction of sp³-hybridized carbons (Fsp3) is 0.459. The van der Waals surface area contributed by atoms with Gasteiger partial charge < -0.3 is 19.5 Å². The maximum absolute atomic E-state index is 14.2. The fourth-order valence-corrected chi connectivity index (χ4v) is 6.90. The Morgan fingerprint density at radius 3 is 2.40 bits per heavy atom. The molecule has 2 aromatic carbocycles. The molecule has 9 nitrogen and oxygen atoms in total. The number of likely N-dealkylation sites (tertiary alicyclic amines) is 1. The van der Waals surface area contributed by atoms with E-state index in [0.29, 0.717) is 60.0 Å². The molecule has 11 heteroatoms. The molecule has 0 atom stereocenters. The van der Waals surface area contributed by atoms with E-state index in [0.717, 1.165) is 74.1 Å². The van der Waals surface area contributed by atoms with Crippen LogP contribution < -0.4 is 4.74 Å². The smallest absolute Gasteiger partial charge is 0.339 e. The second kappa shape index (κ2) is 15.7. The third kappa shape index (κ3) is 7.67. The number of carbonyl (C=O) groups excluding carboxylic acids is 2. The third-order valence-electron chi connectivity index (χ3n) is 9.28. The van der Waals surface area contributed by atoms with E-state index in [9.17, 15) is 18.4 Å². The number of carbonyl (C=O) groups is 3. The summed E-state index contributed by atoms with van der Waals surface area (Å²) in [7, 11) is 1.35. The lowest BCUT2D eigenvalue weighted by Crippen LogP contribution is -2.50. The second-order valence-electron chi connectivity index (χ2n) is 12.5. The molecule has 0 bridgehead atoms. The molecule has 48 heavy (non-hydrogen) atoms. The highest BCUT2D eigenvalue weighted by Crippen LogP contribution is 2.48. The first-order valence-electron chi connectivity index (χ1n) is 16.7. The van der Waals surface area contributed by atoms with Crippen LogP contribution in [0.1, 0.15) is 95.1 Å². The molecule has 3 heterocycles. The van der Waals surface area contributed by atoms with Crippen LogP contribution in [0, 0.1) is 11.6 Å². The molecule has 1 saturated heterocycles. The number of aromatic nitrogens is 1. The van der Waals surface area contributed by atoms with Crippen LogP contribution in [0.4, 0.5) is 8.78 Å². The molecule has 256 valence electrons. The number of benzene rings is 2. The predicted molar refractivity (Wildman–Crippen MR) is 176 cm³/mol. The van der Waals surface area contributed by atoms with Gasteiger partial charge in [0.25, 0.3) is 12.4 Å². The van der Waals surface area contributed by atoms with Gasteiger partial charge in [0.1, 0.15) is 5.75 Å². The number of halogens is 2. The minimum absolute atomic E-state index is 0.0568. The molecule has 1 N–H and O–H groups in total. The standard InChI is InChI=1S/C36H41F2N3O4.CH2O2/c1-4-6-31-28(36(43)44-3)20-27-32(39-31)13-16-41(35(27)42)25-11-14-40(15-12-25)21-22-17-26(23-7-8-23)34(33(18-22)45-5-2)24-9-10-29(37)30(38)19-24;2-1-3/h9-10,17-20,23,25H,4-8,11-16,21H2,1-3H3;1H,(H,2,3). The number of hydrogen-bond donors (Lipinski definition) is 1. The van der Waals surface area contributed by atoms with E-state index in [1.807, 2.05) is 24.8 Å². The summed E-state index contributed by atoms with van der Waals surface area (Å²) in [4.78, 5) is 43.6. The zero-order valence-electron chi connectivity index (χ0n) is 27.8. The van der Waals surface area contributed by atoms with Crippen LogP contribution in [0.25, 0.3) is 11.1 Å². The first-order chi connectivity index (χ1) is 23.2. The summed E-state index contributed by atoms with van der Waals surface area (Å²) in [5.74, 6) is -1.14. The van der Waals surface area contributed by atoms with Gasteiger partial charge in [-0.2, -0.15) is 0 Å². The Hall–Kier alpha value is -4.38. The van der Waals surface area contributed by atoms with E-state index >= 15 is 0 Å². The van der Waals surface area contributed by atoms with Crippen molar-refractivity contribution in [2.45, 2.75) is 77.3 Å². The summed E-state index contributed by atoms with van der Waals surface area (Å²) >= 11 is 0. The Kier molecular flexibility index (Phi) is 11.4. The van der Waals surface area contributed by atoms with Gasteiger partial charge in [-0.1, -0.05) is 25.5 Å². The number of carboxylic acid groups (broad SMARTS) is 1. The van der Waals surface area contributed by atoms with Crippen LogP contribution in [0.15, 0.2) is 36.4 Å². The van der Waals surface area contributed by atoms with Gasteiger partial charge in [0.05, 0.1) is 36.2 Å². The van der Waals surface area contributed by atoms with E-state index in [1.54, 1.807) is 12.1 Å². The van der Waals surface area contributed by atoms with Crippen LogP contribution in [0.5, 0.6) is 5.75 Å². The highest BCUT2D eigenvalue weighted by Gasteiger charge is 2.35. The first-order valence-corrected chi connectivity index (χ1v) is 16.7. The number of rotatable bonds is 10. The molecular formula is C37H43F2N3O6. The Morgan fingerprint density at radius 2 is 1.77 bits per heavy atom. The van der Waals surface area contributed by atoms with Crippen molar-refractivity contribution in [3.8, 4) is 16.9 Å².